The quantitative estimate of drug-likeness (QED) is 0.662. The summed E-state index contributed by atoms with van der Waals surface area (Å²) >= 11 is 2.50. The SMILES string of the molecule is CC1CC(I)C(CO)C(C)N1Cc1ccccc1. The molecule has 0 saturated carbocycles. The molecule has 3 heteroatoms. The van der Waals surface area contributed by atoms with Crippen LogP contribution in [0.4, 0.5) is 0 Å². The standard InChI is InChI=1S/C15H22INO/c1-11-8-15(16)14(10-18)12(2)17(11)9-13-6-4-3-5-7-13/h3-7,11-12,14-15,18H,8-10H2,1-2H3. The van der Waals surface area contributed by atoms with Crippen molar-refractivity contribution >= 4 is 22.6 Å². The van der Waals surface area contributed by atoms with Gasteiger partial charge in [-0.3, -0.25) is 4.90 Å². The first-order valence-corrected chi connectivity index (χ1v) is 7.92. The van der Waals surface area contributed by atoms with Gasteiger partial charge in [-0.2, -0.15) is 0 Å². The van der Waals surface area contributed by atoms with Crippen LogP contribution in [-0.2, 0) is 6.54 Å². The molecule has 2 nitrogen and oxygen atoms in total. The van der Waals surface area contributed by atoms with Crippen LogP contribution in [0.15, 0.2) is 30.3 Å². The van der Waals surface area contributed by atoms with Gasteiger partial charge in [-0.05, 0) is 25.8 Å². The first kappa shape index (κ1) is 14.3. The normalized spacial score (nSPS) is 33.6. The van der Waals surface area contributed by atoms with E-state index in [2.05, 4.69) is 71.7 Å². The molecule has 1 aromatic rings. The molecule has 1 aromatic carbocycles. The van der Waals surface area contributed by atoms with Crippen LogP contribution in [-0.4, -0.2) is 32.6 Å². The Labute approximate surface area is 124 Å². The van der Waals surface area contributed by atoms with E-state index in [1.165, 1.54) is 12.0 Å². The van der Waals surface area contributed by atoms with E-state index < -0.39 is 0 Å². The molecule has 1 N–H and O–H groups in total. The molecule has 1 heterocycles. The Morgan fingerprint density at radius 1 is 1.28 bits per heavy atom. The minimum absolute atomic E-state index is 0.298. The van der Waals surface area contributed by atoms with Gasteiger partial charge in [0.2, 0.25) is 0 Å². The van der Waals surface area contributed by atoms with Crippen molar-refractivity contribution in [2.24, 2.45) is 5.92 Å². The number of rotatable bonds is 3. The third kappa shape index (κ3) is 3.06. The van der Waals surface area contributed by atoms with Crippen molar-refractivity contribution in [3.8, 4) is 0 Å². The summed E-state index contributed by atoms with van der Waals surface area (Å²) in [7, 11) is 0. The van der Waals surface area contributed by atoms with Crippen LogP contribution in [0.5, 0.6) is 0 Å². The van der Waals surface area contributed by atoms with Crippen molar-refractivity contribution in [1.29, 1.82) is 0 Å². The number of hydrogen-bond acceptors (Lipinski definition) is 2. The van der Waals surface area contributed by atoms with Gasteiger partial charge in [0, 0.05) is 35.1 Å². The van der Waals surface area contributed by atoms with Crippen LogP contribution in [0.1, 0.15) is 25.8 Å². The van der Waals surface area contributed by atoms with Crippen LogP contribution in [0.2, 0.25) is 0 Å². The fourth-order valence-corrected chi connectivity index (χ4v) is 4.51. The number of nitrogens with zero attached hydrogens (tertiary/aromatic N) is 1. The number of halogens is 1. The smallest absolute Gasteiger partial charge is 0.0484 e. The van der Waals surface area contributed by atoms with E-state index in [1.807, 2.05) is 0 Å². The lowest BCUT2D eigenvalue weighted by Crippen LogP contribution is -2.53. The first-order valence-electron chi connectivity index (χ1n) is 6.68. The van der Waals surface area contributed by atoms with Gasteiger partial charge in [-0.1, -0.05) is 52.9 Å². The molecule has 1 aliphatic heterocycles. The topological polar surface area (TPSA) is 23.5 Å². The van der Waals surface area contributed by atoms with E-state index in [4.69, 9.17) is 0 Å². The molecular weight excluding hydrogens is 337 g/mol. The first-order chi connectivity index (χ1) is 8.63. The van der Waals surface area contributed by atoms with Crippen molar-refractivity contribution in [2.45, 2.75) is 42.8 Å². The number of aliphatic hydroxyl groups excluding tert-OH is 1. The molecule has 0 aliphatic carbocycles. The van der Waals surface area contributed by atoms with Crippen molar-refractivity contribution in [2.75, 3.05) is 6.61 Å². The molecule has 1 saturated heterocycles. The summed E-state index contributed by atoms with van der Waals surface area (Å²) in [6.45, 7) is 5.85. The average molecular weight is 359 g/mol. The van der Waals surface area contributed by atoms with E-state index >= 15 is 0 Å². The number of piperidine rings is 1. The number of hydrogen-bond donors (Lipinski definition) is 1. The highest BCUT2D eigenvalue weighted by Crippen LogP contribution is 2.33. The van der Waals surface area contributed by atoms with Gasteiger partial charge in [0.15, 0.2) is 0 Å². The monoisotopic (exact) mass is 359 g/mol. The fraction of sp³-hybridized carbons (Fsp3) is 0.600. The molecule has 2 rings (SSSR count). The summed E-state index contributed by atoms with van der Waals surface area (Å²) in [6, 6.07) is 11.7. The lowest BCUT2D eigenvalue weighted by Gasteiger charge is -2.46. The Hall–Kier alpha value is -0.130. The third-order valence-electron chi connectivity index (χ3n) is 4.16. The zero-order valence-electron chi connectivity index (χ0n) is 11.1. The Morgan fingerprint density at radius 2 is 1.94 bits per heavy atom. The van der Waals surface area contributed by atoms with Gasteiger partial charge in [-0.25, -0.2) is 0 Å². The molecule has 0 spiro atoms. The maximum absolute atomic E-state index is 9.57. The van der Waals surface area contributed by atoms with Crippen LogP contribution in [0.3, 0.4) is 0 Å². The summed E-state index contributed by atoms with van der Waals surface area (Å²) in [4.78, 5) is 2.53. The van der Waals surface area contributed by atoms with E-state index in [-0.39, 0.29) is 0 Å². The molecule has 100 valence electrons. The van der Waals surface area contributed by atoms with Crippen LogP contribution in [0, 0.1) is 5.92 Å². The van der Waals surface area contributed by atoms with Crippen LogP contribution in [0.25, 0.3) is 0 Å². The molecular formula is C15H22INO. The molecule has 1 aliphatic rings. The Bertz CT molecular complexity index is 370. The highest BCUT2D eigenvalue weighted by Gasteiger charge is 2.37. The predicted molar refractivity (Wildman–Crippen MR) is 83.9 cm³/mol. The number of likely N-dealkylation sites (tertiary alicyclic amines) is 1. The number of aliphatic hydroxyl groups is 1. The highest BCUT2D eigenvalue weighted by molar-refractivity contribution is 14.1. The van der Waals surface area contributed by atoms with Crippen molar-refractivity contribution in [3.63, 3.8) is 0 Å². The molecule has 0 aromatic heterocycles. The Kier molecular flexibility index (Phi) is 5.04. The Balaban J connectivity index is 2.11. The zero-order chi connectivity index (χ0) is 13.1. The molecule has 0 amide bonds. The van der Waals surface area contributed by atoms with E-state index in [0.29, 0.717) is 28.5 Å². The van der Waals surface area contributed by atoms with E-state index in [9.17, 15) is 5.11 Å². The summed E-state index contributed by atoms with van der Waals surface area (Å²) in [5, 5.41) is 9.57. The van der Waals surface area contributed by atoms with E-state index in [1.54, 1.807) is 0 Å². The minimum Gasteiger partial charge on any atom is -0.396 e. The maximum atomic E-state index is 9.57. The highest BCUT2D eigenvalue weighted by atomic mass is 127. The molecule has 4 atom stereocenters. The minimum atomic E-state index is 0.298. The molecule has 18 heavy (non-hydrogen) atoms. The van der Waals surface area contributed by atoms with Crippen molar-refractivity contribution in [3.05, 3.63) is 35.9 Å². The van der Waals surface area contributed by atoms with Gasteiger partial charge >= 0.3 is 0 Å². The average Bonchev–Trinajstić information content (AvgIpc) is 2.36. The van der Waals surface area contributed by atoms with Gasteiger partial charge in [0.25, 0.3) is 0 Å². The fourth-order valence-electron chi connectivity index (χ4n) is 2.95. The lowest BCUT2D eigenvalue weighted by molar-refractivity contribution is 0.0323. The summed E-state index contributed by atoms with van der Waals surface area (Å²) in [5.41, 5.74) is 1.36. The summed E-state index contributed by atoms with van der Waals surface area (Å²) < 4.78 is 0.588. The molecule has 0 radical (unpaired) electrons. The predicted octanol–water partition coefficient (Wildman–Crippen LogP) is 3.08. The molecule has 0 bridgehead atoms. The Morgan fingerprint density at radius 3 is 2.56 bits per heavy atom. The van der Waals surface area contributed by atoms with Crippen LogP contribution >= 0.6 is 22.6 Å². The number of alkyl halides is 1. The van der Waals surface area contributed by atoms with Gasteiger partial charge in [0.05, 0.1) is 0 Å². The molecule has 4 unspecified atom stereocenters. The van der Waals surface area contributed by atoms with Crippen molar-refractivity contribution < 1.29 is 5.11 Å². The summed E-state index contributed by atoms with van der Waals surface area (Å²) in [5.74, 6) is 0.394. The lowest BCUT2D eigenvalue weighted by atomic mass is 9.87. The van der Waals surface area contributed by atoms with Crippen LogP contribution < -0.4 is 0 Å². The largest absolute Gasteiger partial charge is 0.396 e. The second kappa shape index (κ2) is 6.35. The van der Waals surface area contributed by atoms with Gasteiger partial charge < -0.3 is 5.11 Å². The maximum Gasteiger partial charge on any atom is 0.0484 e. The summed E-state index contributed by atoms with van der Waals surface area (Å²) in [6.07, 6.45) is 1.17. The second-order valence-corrected chi connectivity index (χ2v) is 6.95. The number of benzene rings is 1. The van der Waals surface area contributed by atoms with Gasteiger partial charge in [-0.15, -0.1) is 0 Å². The zero-order valence-corrected chi connectivity index (χ0v) is 13.2. The van der Waals surface area contributed by atoms with Gasteiger partial charge in [0.1, 0.15) is 0 Å². The molecule has 1 fully saturated rings. The van der Waals surface area contributed by atoms with E-state index in [0.717, 1.165) is 6.54 Å². The van der Waals surface area contributed by atoms with Crippen molar-refractivity contribution in [1.82, 2.24) is 4.90 Å². The second-order valence-electron chi connectivity index (χ2n) is 5.35. The third-order valence-corrected chi connectivity index (χ3v) is 5.59.